The van der Waals surface area contributed by atoms with Crippen LogP contribution in [0.1, 0.15) is 50.4 Å². The largest absolute Gasteiger partial charge is 0.465 e. The molecule has 2 amide bonds. The number of nitrogens with zero attached hydrogens (tertiary/aromatic N) is 2. The second-order valence-electron chi connectivity index (χ2n) is 12.6. The molecule has 4 bridgehead atoms. The molecule has 0 saturated heterocycles. The lowest BCUT2D eigenvalue weighted by Gasteiger charge is -2.59. The summed E-state index contributed by atoms with van der Waals surface area (Å²) in [6, 6.07) is 15.7. The fourth-order valence-corrected chi connectivity index (χ4v) is 8.52. The molecule has 4 aliphatic rings. The van der Waals surface area contributed by atoms with Crippen LogP contribution in [-0.4, -0.2) is 55.1 Å². The minimum Gasteiger partial charge on any atom is -0.465 e. The van der Waals surface area contributed by atoms with Crippen molar-refractivity contribution in [3.63, 3.8) is 0 Å². The molecule has 4 aliphatic carbocycles. The minimum atomic E-state index is -1.26. The number of aromatic nitrogens is 3. The summed E-state index contributed by atoms with van der Waals surface area (Å²) in [6.45, 7) is 2.21. The summed E-state index contributed by atoms with van der Waals surface area (Å²) in [7, 11) is 0. The van der Waals surface area contributed by atoms with Gasteiger partial charge in [0.2, 0.25) is 5.91 Å². The van der Waals surface area contributed by atoms with Gasteiger partial charge in [0.05, 0.1) is 11.0 Å². The maximum atomic E-state index is 14.2. The summed E-state index contributed by atoms with van der Waals surface area (Å²) in [5.41, 5.74) is 2.55. The topological polar surface area (TPSA) is 114 Å². The van der Waals surface area contributed by atoms with Crippen molar-refractivity contribution in [2.45, 2.75) is 63.5 Å². The maximum Gasteiger partial charge on any atom is 0.408 e. The molecule has 40 heavy (non-hydrogen) atoms. The number of aromatic amines is 2. The molecule has 8 heteroatoms. The standard InChI is InChI=1S/C32H37N5O3/c1-32(17-23-18-34-25-7-3-2-6-24(23)25,30(38)33-11-10-28-35-26-8-4-5-9-27(26)36-28)37(31(39)40)29-21-13-19-12-20(15-21)16-22(29)14-19/h2-9,18-22,29,34H,10-17H2,1H3,(H,33,38)(H,35,36)(H,39,40). The number of carbonyl (C=O) groups excluding carboxylic acids is 1. The van der Waals surface area contributed by atoms with Gasteiger partial charge in [-0.05, 0) is 86.5 Å². The average molecular weight is 540 g/mol. The molecule has 0 radical (unpaired) electrons. The number of nitrogens with one attached hydrogen (secondary N) is 3. The number of imidazole rings is 1. The van der Waals surface area contributed by atoms with Gasteiger partial charge in [0.1, 0.15) is 11.4 Å². The Morgan fingerprint density at radius 1 is 1.00 bits per heavy atom. The van der Waals surface area contributed by atoms with E-state index < -0.39 is 11.6 Å². The maximum absolute atomic E-state index is 14.2. The van der Waals surface area contributed by atoms with Gasteiger partial charge in [-0.15, -0.1) is 0 Å². The van der Waals surface area contributed by atoms with Crippen LogP contribution in [0.5, 0.6) is 0 Å². The molecule has 2 aromatic heterocycles. The van der Waals surface area contributed by atoms with Crippen LogP contribution in [0.15, 0.2) is 54.7 Å². The summed E-state index contributed by atoms with van der Waals surface area (Å²) >= 11 is 0. The van der Waals surface area contributed by atoms with Crippen LogP contribution >= 0.6 is 0 Å². The van der Waals surface area contributed by atoms with Crippen molar-refractivity contribution < 1.29 is 14.7 Å². The van der Waals surface area contributed by atoms with Crippen molar-refractivity contribution in [2.24, 2.45) is 23.7 Å². The first-order valence-electron chi connectivity index (χ1n) is 14.7. The van der Waals surface area contributed by atoms with E-state index in [9.17, 15) is 14.7 Å². The Morgan fingerprint density at radius 3 is 2.38 bits per heavy atom. The Hall–Kier alpha value is -3.81. The molecule has 8 rings (SSSR count). The van der Waals surface area contributed by atoms with Crippen LogP contribution in [0.2, 0.25) is 0 Å². The predicted octanol–water partition coefficient (Wildman–Crippen LogP) is 5.51. The SMILES string of the molecule is CC(Cc1c[nH]c2ccccc12)(C(=O)NCCc1nc2ccccc2[nH]1)N(C(=O)O)C1C2CC3CC(C2)CC1C3. The summed E-state index contributed by atoms with van der Waals surface area (Å²) in [6.07, 6.45) is 7.40. The number of carboxylic acid groups (broad SMARTS) is 1. The highest BCUT2D eigenvalue weighted by Gasteiger charge is 2.56. The fraction of sp³-hybridized carbons (Fsp3) is 0.469. The van der Waals surface area contributed by atoms with Gasteiger partial charge in [-0.3, -0.25) is 9.69 Å². The highest BCUT2D eigenvalue weighted by Crippen LogP contribution is 2.56. The number of fused-ring (bicyclic) bond motifs is 2. The van der Waals surface area contributed by atoms with Gasteiger partial charge in [0.15, 0.2) is 0 Å². The summed E-state index contributed by atoms with van der Waals surface area (Å²) < 4.78 is 0. The van der Waals surface area contributed by atoms with Crippen molar-refractivity contribution in [3.05, 3.63) is 66.1 Å². The molecule has 2 heterocycles. The van der Waals surface area contributed by atoms with E-state index >= 15 is 0 Å². The Balaban J connectivity index is 1.19. The van der Waals surface area contributed by atoms with Crippen molar-refractivity contribution in [1.82, 2.24) is 25.2 Å². The Bertz CT molecular complexity index is 1510. The normalized spacial score (nSPS) is 26.7. The number of benzene rings is 2. The zero-order chi connectivity index (χ0) is 27.4. The second-order valence-corrected chi connectivity index (χ2v) is 12.6. The molecular weight excluding hydrogens is 502 g/mol. The lowest BCUT2D eigenvalue weighted by Crippen LogP contribution is -2.68. The minimum absolute atomic E-state index is 0.123. The van der Waals surface area contributed by atoms with E-state index in [1.165, 1.54) is 6.42 Å². The molecule has 208 valence electrons. The molecule has 8 nitrogen and oxygen atoms in total. The molecule has 2 aromatic carbocycles. The third-order valence-corrected chi connectivity index (χ3v) is 10.00. The van der Waals surface area contributed by atoms with E-state index in [1.807, 2.05) is 61.7 Å². The van der Waals surface area contributed by atoms with E-state index in [-0.39, 0.29) is 11.9 Å². The van der Waals surface area contributed by atoms with Crippen LogP contribution in [0, 0.1) is 23.7 Å². The van der Waals surface area contributed by atoms with E-state index in [2.05, 4.69) is 20.3 Å². The van der Waals surface area contributed by atoms with Crippen LogP contribution < -0.4 is 5.32 Å². The van der Waals surface area contributed by atoms with E-state index in [0.29, 0.717) is 43.1 Å². The van der Waals surface area contributed by atoms with Crippen molar-refractivity contribution in [2.75, 3.05) is 6.54 Å². The van der Waals surface area contributed by atoms with Gasteiger partial charge in [0.25, 0.3) is 0 Å². The first-order valence-corrected chi connectivity index (χ1v) is 14.7. The van der Waals surface area contributed by atoms with Crippen LogP contribution in [-0.2, 0) is 17.6 Å². The first-order chi connectivity index (χ1) is 19.4. The number of rotatable bonds is 8. The van der Waals surface area contributed by atoms with E-state index in [0.717, 1.165) is 59.0 Å². The highest BCUT2D eigenvalue weighted by molar-refractivity contribution is 5.91. The highest BCUT2D eigenvalue weighted by atomic mass is 16.4. The molecule has 4 fully saturated rings. The van der Waals surface area contributed by atoms with Gasteiger partial charge < -0.3 is 20.4 Å². The molecule has 4 aromatic rings. The summed E-state index contributed by atoms with van der Waals surface area (Å²) in [5, 5.41) is 14.9. The number of amides is 2. The first kappa shape index (κ1) is 25.2. The van der Waals surface area contributed by atoms with Gasteiger partial charge in [0, 0.05) is 42.5 Å². The van der Waals surface area contributed by atoms with Gasteiger partial charge >= 0.3 is 6.09 Å². The summed E-state index contributed by atoms with van der Waals surface area (Å²) in [4.78, 5) is 40.3. The van der Waals surface area contributed by atoms with Gasteiger partial charge in [-0.2, -0.15) is 0 Å². The molecule has 1 unspecified atom stereocenters. The number of carbonyl (C=O) groups is 2. The number of H-pyrrole nitrogens is 2. The number of para-hydroxylation sites is 3. The summed E-state index contributed by atoms with van der Waals surface area (Å²) in [5.74, 6) is 2.65. The zero-order valence-electron chi connectivity index (χ0n) is 22.9. The third kappa shape index (κ3) is 4.25. The van der Waals surface area contributed by atoms with Gasteiger partial charge in [-0.25, -0.2) is 9.78 Å². The van der Waals surface area contributed by atoms with E-state index in [1.54, 1.807) is 4.90 Å². The van der Waals surface area contributed by atoms with Crippen LogP contribution in [0.25, 0.3) is 21.9 Å². The fourth-order valence-electron chi connectivity index (χ4n) is 8.52. The number of hydrogen-bond donors (Lipinski definition) is 4. The smallest absolute Gasteiger partial charge is 0.408 e. The van der Waals surface area contributed by atoms with Gasteiger partial charge in [-0.1, -0.05) is 30.3 Å². The molecule has 0 spiro atoms. The predicted molar refractivity (Wildman–Crippen MR) is 154 cm³/mol. The number of hydrogen-bond acceptors (Lipinski definition) is 3. The van der Waals surface area contributed by atoms with E-state index in [4.69, 9.17) is 0 Å². The lowest BCUT2D eigenvalue weighted by atomic mass is 9.53. The molecule has 0 aliphatic heterocycles. The molecule has 1 atom stereocenters. The average Bonchev–Trinajstić information content (AvgIpc) is 3.53. The Morgan fingerprint density at radius 2 is 1.68 bits per heavy atom. The van der Waals surface area contributed by atoms with Crippen LogP contribution in [0.3, 0.4) is 0 Å². The third-order valence-electron chi connectivity index (χ3n) is 10.00. The molecule has 4 N–H and O–H groups in total. The van der Waals surface area contributed by atoms with Crippen LogP contribution in [0.4, 0.5) is 4.79 Å². The van der Waals surface area contributed by atoms with Crippen molar-refractivity contribution >= 4 is 33.9 Å². The Labute approximate surface area is 233 Å². The molecular formula is C32H37N5O3. The second kappa shape index (κ2) is 9.68. The quantitative estimate of drug-likeness (QED) is 0.236. The Kier molecular flexibility index (Phi) is 6.09. The zero-order valence-corrected chi connectivity index (χ0v) is 22.9. The monoisotopic (exact) mass is 539 g/mol. The molecule has 4 saturated carbocycles. The lowest BCUT2D eigenvalue weighted by molar-refractivity contribution is -0.140. The van der Waals surface area contributed by atoms with Crippen molar-refractivity contribution in [1.29, 1.82) is 0 Å². The van der Waals surface area contributed by atoms with Crippen molar-refractivity contribution in [3.8, 4) is 0 Å².